The first-order chi connectivity index (χ1) is 20.5. The Morgan fingerprint density at radius 1 is 0.442 bits per heavy atom. The van der Waals surface area contributed by atoms with Crippen molar-refractivity contribution >= 4 is 0 Å². The van der Waals surface area contributed by atoms with Gasteiger partial charge in [0.2, 0.25) is 0 Å². The van der Waals surface area contributed by atoms with Gasteiger partial charge in [0.15, 0.2) is 0 Å². The fourth-order valence-corrected chi connectivity index (χ4v) is 6.77. The lowest BCUT2D eigenvalue weighted by Crippen LogP contribution is -2.30. The lowest BCUT2D eigenvalue weighted by atomic mass is 9.84. The molecule has 0 amide bonds. The number of aryl methyl sites for hydroxylation is 1. The van der Waals surface area contributed by atoms with Crippen LogP contribution in [0.1, 0.15) is 224 Å². The van der Waals surface area contributed by atoms with E-state index >= 15 is 0 Å². The molecule has 1 aromatic rings. The number of hydrogen-bond donors (Lipinski definition) is 1. The molecule has 254 valence electrons. The summed E-state index contributed by atoms with van der Waals surface area (Å²) in [6.07, 6.45) is 42.3. The Kier molecular flexibility index (Phi) is 29.2. The largest absolute Gasteiger partial charge is 0.412 e. The minimum Gasteiger partial charge on any atom is -0.412 e. The highest BCUT2D eigenvalue weighted by molar-refractivity contribution is 5.39. The zero-order chi connectivity index (χ0) is 30.6. The van der Waals surface area contributed by atoms with Crippen LogP contribution in [0.4, 0.5) is 0 Å². The minimum atomic E-state index is -0.253. The minimum absolute atomic E-state index is 0. The van der Waals surface area contributed by atoms with E-state index in [1.807, 2.05) is 0 Å². The molecule has 0 heterocycles. The summed E-state index contributed by atoms with van der Waals surface area (Å²) in [5.74, 6) is 0. The maximum atomic E-state index is 6.66. The highest BCUT2D eigenvalue weighted by atomic mass is 16.0. The average Bonchev–Trinajstić information content (AvgIpc) is 2.97. The second-order valence-corrected chi connectivity index (χ2v) is 14.4. The van der Waals surface area contributed by atoms with E-state index in [1.165, 1.54) is 198 Å². The van der Waals surface area contributed by atoms with E-state index in [9.17, 15) is 0 Å². The second kappa shape index (κ2) is 29.8. The van der Waals surface area contributed by atoms with Gasteiger partial charge in [-0.2, -0.15) is 0 Å². The van der Waals surface area contributed by atoms with Crippen LogP contribution in [0, 0.1) is 0 Å². The van der Waals surface area contributed by atoms with Gasteiger partial charge < -0.3 is 11.2 Å². The summed E-state index contributed by atoms with van der Waals surface area (Å²) in [5.41, 5.74) is 11.0. The molecule has 4 N–H and O–H groups in total. The monoisotopic (exact) mass is 602 g/mol. The van der Waals surface area contributed by atoms with Gasteiger partial charge in [0, 0.05) is 5.54 Å². The van der Waals surface area contributed by atoms with Crippen molar-refractivity contribution in [3.63, 3.8) is 0 Å². The van der Waals surface area contributed by atoms with Crippen LogP contribution >= 0.6 is 0 Å². The van der Waals surface area contributed by atoms with Crippen LogP contribution in [0.3, 0.4) is 0 Å². The predicted octanol–water partition coefficient (Wildman–Crippen LogP) is 13.1. The molecule has 0 bridgehead atoms. The van der Waals surface area contributed by atoms with Crippen molar-refractivity contribution in [2.24, 2.45) is 5.73 Å². The van der Waals surface area contributed by atoms with Crippen molar-refractivity contribution in [2.45, 2.75) is 226 Å². The van der Waals surface area contributed by atoms with E-state index in [-0.39, 0.29) is 11.0 Å². The fraction of sp³-hybridized carbons (Fsp3) is 0.854. The molecule has 1 aromatic carbocycles. The number of benzene rings is 1. The van der Waals surface area contributed by atoms with Crippen LogP contribution in [0.2, 0.25) is 0 Å². The van der Waals surface area contributed by atoms with Gasteiger partial charge in [-0.25, -0.2) is 0 Å². The van der Waals surface area contributed by atoms with Crippen molar-refractivity contribution in [1.29, 1.82) is 0 Å². The van der Waals surface area contributed by atoms with Crippen molar-refractivity contribution in [2.75, 3.05) is 0 Å². The van der Waals surface area contributed by atoms with E-state index in [1.54, 1.807) is 11.1 Å². The van der Waals surface area contributed by atoms with Crippen molar-refractivity contribution in [1.82, 2.24) is 0 Å². The average molecular weight is 602 g/mol. The summed E-state index contributed by atoms with van der Waals surface area (Å²) in [7, 11) is 0. The van der Waals surface area contributed by atoms with Crippen LogP contribution in [-0.2, 0) is 18.4 Å². The molecule has 0 radical (unpaired) electrons. The summed E-state index contributed by atoms with van der Waals surface area (Å²) < 4.78 is 0. The van der Waals surface area contributed by atoms with E-state index in [2.05, 4.69) is 45.9 Å². The van der Waals surface area contributed by atoms with E-state index in [4.69, 9.17) is 5.73 Å². The molecule has 43 heavy (non-hydrogen) atoms. The van der Waals surface area contributed by atoms with Crippen LogP contribution in [-0.4, -0.2) is 5.48 Å². The van der Waals surface area contributed by atoms with Gasteiger partial charge >= 0.3 is 0 Å². The number of rotatable bonds is 31. The Bertz CT molecular complexity index is 706. The van der Waals surface area contributed by atoms with Gasteiger partial charge in [0.1, 0.15) is 0 Å². The molecular formula is C41H79NO. The first-order valence-electron chi connectivity index (χ1n) is 19.4. The molecule has 1 rings (SSSR count). The summed E-state index contributed by atoms with van der Waals surface area (Å²) >= 11 is 0. The molecule has 0 saturated carbocycles. The summed E-state index contributed by atoms with van der Waals surface area (Å²) in [5, 5.41) is 0. The van der Waals surface area contributed by atoms with Gasteiger partial charge in [-0.15, -0.1) is 0 Å². The molecule has 0 aromatic heterocycles. The third-order valence-electron chi connectivity index (χ3n) is 9.55. The fourth-order valence-electron chi connectivity index (χ4n) is 6.77. The predicted molar refractivity (Wildman–Crippen MR) is 195 cm³/mol. The molecule has 0 spiro atoms. The van der Waals surface area contributed by atoms with E-state index < -0.39 is 0 Å². The van der Waals surface area contributed by atoms with Crippen molar-refractivity contribution < 1.29 is 5.48 Å². The lowest BCUT2D eigenvalue weighted by Gasteiger charge is -2.25. The van der Waals surface area contributed by atoms with Gasteiger partial charge in [-0.1, -0.05) is 199 Å². The molecule has 0 fully saturated rings. The molecule has 0 aliphatic rings. The molecular weight excluding hydrogens is 522 g/mol. The van der Waals surface area contributed by atoms with Crippen LogP contribution in [0.25, 0.3) is 0 Å². The SMILES string of the molecule is CCCCCCCCCCCCCCCCc1cccc(C(C)(C)N)c1CCCCCCCCCCCCCCCC.O. The molecule has 0 saturated heterocycles. The Morgan fingerprint density at radius 2 is 0.744 bits per heavy atom. The topological polar surface area (TPSA) is 57.5 Å². The maximum Gasteiger partial charge on any atom is 0.0355 e. The zero-order valence-electron chi connectivity index (χ0n) is 30.0. The molecule has 0 unspecified atom stereocenters. The van der Waals surface area contributed by atoms with Crippen molar-refractivity contribution in [3.05, 3.63) is 34.9 Å². The third kappa shape index (κ3) is 24.1. The van der Waals surface area contributed by atoms with Crippen LogP contribution in [0.5, 0.6) is 0 Å². The van der Waals surface area contributed by atoms with Gasteiger partial charge in [-0.05, 0) is 56.2 Å². The summed E-state index contributed by atoms with van der Waals surface area (Å²) in [6, 6.07) is 6.96. The van der Waals surface area contributed by atoms with Gasteiger partial charge in [-0.3, -0.25) is 0 Å². The normalized spacial score (nSPS) is 11.7. The van der Waals surface area contributed by atoms with Gasteiger partial charge in [0.25, 0.3) is 0 Å². The van der Waals surface area contributed by atoms with Crippen LogP contribution < -0.4 is 5.73 Å². The number of unbranched alkanes of at least 4 members (excludes halogenated alkanes) is 26. The second-order valence-electron chi connectivity index (χ2n) is 14.4. The Balaban J connectivity index is 0.0000176. The first kappa shape index (κ1) is 42.1. The highest BCUT2D eigenvalue weighted by Crippen LogP contribution is 2.28. The van der Waals surface area contributed by atoms with E-state index in [0.717, 1.165) is 0 Å². The molecule has 2 heteroatoms. The highest BCUT2D eigenvalue weighted by Gasteiger charge is 2.20. The molecule has 0 aliphatic heterocycles. The Hall–Kier alpha value is -0.860. The Morgan fingerprint density at radius 3 is 1.07 bits per heavy atom. The first-order valence-corrected chi connectivity index (χ1v) is 19.4. The van der Waals surface area contributed by atoms with Gasteiger partial charge in [0.05, 0.1) is 0 Å². The Labute approximate surface area is 271 Å². The zero-order valence-corrected chi connectivity index (χ0v) is 30.0. The standard InChI is InChI=1S/C41H77N.H2O/c1-5-7-9-11-13-15-17-19-21-23-25-27-29-31-34-38-35-33-37-40(41(3,4)42)39(38)36-32-30-28-26-24-22-20-18-16-14-12-10-8-6-2;/h33,35,37H,5-32,34,36,42H2,1-4H3;1H2. The number of hydrogen-bond acceptors (Lipinski definition) is 1. The molecule has 2 nitrogen and oxygen atoms in total. The number of nitrogens with two attached hydrogens (primary N) is 1. The molecule has 0 atom stereocenters. The quantitative estimate of drug-likeness (QED) is 0.0845. The summed E-state index contributed by atoms with van der Waals surface area (Å²) in [4.78, 5) is 0. The smallest absolute Gasteiger partial charge is 0.0355 e. The lowest BCUT2D eigenvalue weighted by molar-refractivity contribution is 0.528. The van der Waals surface area contributed by atoms with E-state index in [0.29, 0.717) is 0 Å². The molecule has 0 aliphatic carbocycles. The maximum absolute atomic E-state index is 6.66. The summed E-state index contributed by atoms with van der Waals surface area (Å²) in [6.45, 7) is 8.98. The van der Waals surface area contributed by atoms with Crippen LogP contribution in [0.15, 0.2) is 18.2 Å². The third-order valence-corrected chi connectivity index (χ3v) is 9.55. The van der Waals surface area contributed by atoms with Crippen molar-refractivity contribution in [3.8, 4) is 0 Å².